The summed E-state index contributed by atoms with van der Waals surface area (Å²) in [6.07, 6.45) is 10.8. The second kappa shape index (κ2) is 12.1. The summed E-state index contributed by atoms with van der Waals surface area (Å²) in [5, 5.41) is 4.35. The van der Waals surface area contributed by atoms with Crippen molar-refractivity contribution in [1.29, 1.82) is 0 Å². The summed E-state index contributed by atoms with van der Waals surface area (Å²) in [5.74, 6) is 1.88. The molecule has 5 heterocycles. The van der Waals surface area contributed by atoms with E-state index in [2.05, 4.69) is 28.5 Å². The van der Waals surface area contributed by atoms with Crippen molar-refractivity contribution < 1.29 is 19.0 Å². The Balaban J connectivity index is 1.06. The maximum absolute atomic E-state index is 12.5. The molecule has 3 saturated heterocycles. The minimum Gasteiger partial charge on any atom is -0.496 e. The van der Waals surface area contributed by atoms with Crippen LogP contribution in [0.4, 0.5) is 10.5 Å². The molecular formula is C33H44ClN5O4. The number of hydrogen-bond donors (Lipinski definition) is 1. The molecule has 1 aromatic carbocycles. The molecule has 3 fully saturated rings. The molecule has 3 aliphatic heterocycles. The van der Waals surface area contributed by atoms with Gasteiger partial charge in [-0.1, -0.05) is 11.6 Å². The average molecular weight is 610 g/mol. The predicted molar refractivity (Wildman–Crippen MR) is 169 cm³/mol. The largest absolute Gasteiger partial charge is 0.496 e. The van der Waals surface area contributed by atoms with Gasteiger partial charge in [0.15, 0.2) is 0 Å². The summed E-state index contributed by atoms with van der Waals surface area (Å²) >= 11 is 6.42. The van der Waals surface area contributed by atoms with Gasteiger partial charge in [-0.05, 0) is 77.3 Å². The van der Waals surface area contributed by atoms with Crippen molar-refractivity contribution in [1.82, 2.24) is 19.2 Å². The molecule has 3 atom stereocenters. The fourth-order valence-corrected chi connectivity index (χ4v) is 7.35. The van der Waals surface area contributed by atoms with E-state index in [1.54, 1.807) is 20.3 Å². The quantitative estimate of drug-likeness (QED) is 0.318. The molecule has 9 nitrogen and oxygen atoms in total. The van der Waals surface area contributed by atoms with Gasteiger partial charge in [0.05, 0.1) is 24.9 Å². The Hall–Kier alpha value is -3.17. The van der Waals surface area contributed by atoms with Crippen molar-refractivity contribution in [2.24, 2.45) is 5.92 Å². The van der Waals surface area contributed by atoms with Crippen LogP contribution in [0.1, 0.15) is 59.3 Å². The summed E-state index contributed by atoms with van der Waals surface area (Å²) in [7, 11) is 3.23. The molecule has 1 N–H and O–H groups in total. The Morgan fingerprint density at radius 1 is 1.02 bits per heavy atom. The van der Waals surface area contributed by atoms with Gasteiger partial charge in [-0.25, -0.2) is 9.78 Å². The molecule has 2 aromatic heterocycles. The molecule has 0 saturated carbocycles. The number of anilines is 1. The average Bonchev–Trinajstić information content (AvgIpc) is 3.48. The molecule has 0 spiro atoms. The number of nitrogens with one attached hydrogen (secondary N) is 1. The standard InChI is InChI=1S/C33H44ClN5O4/c1-33(2,3)43-32(40)37-11-8-21(9-12-37)19-39-24-6-7-25(39)15-23(14-24)35-22-10-13-38-20-28(36-31(38)16-22)26-17-27(34)30(42-5)18-29(26)41-4/h10,13,16-18,20-21,23-25,35H,6-9,11-12,14-15,19H2,1-5H3/t23?,24-,25?/m1/s1. The van der Waals surface area contributed by atoms with Gasteiger partial charge in [0, 0.05) is 73.5 Å². The van der Waals surface area contributed by atoms with E-state index < -0.39 is 5.60 Å². The van der Waals surface area contributed by atoms with Crippen LogP contribution in [0.15, 0.2) is 36.7 Å². The lowest BCUT2D eigenvalue weighted by atomic mass is 9.92. The Morgan fingerprint density at radius 2 is 1.72 bits per heavy atom. The van der Waals surface area contributed by atoms with E-state index in [1.807, 2.05) is 42.3 Å². The molecule has 232 valence electrons. The Kier molecular flexibility index (Phi) is 8.39. The van der Waals surface area contributed by atoms with Gasteiger partial charge in [0.1, 0.15) is 22.7 Å². The Bertz CT molecular complexity index is 1450. The summed E-state index contributed by atoms with van der Waals surface area (Å²) < 4.78 is 18.6. The minimum absolute atomic E-state index is 0.174. The molecule has 10 heteroatoms. The lowest BCUT2D eigenvalue weighted by Crippen LogP contribution is -2.50. The van der Waals surface area contributed by atoms with Crippen molar-refractivity contribution in [2.45, 2.75) is 83.0 Å². The van der Waals surface area contributed by atoms with Crippen molar-refractivity contribution in [3.05, 3.63) is 41.7 Å². The van der Waals surface area contributed by atoms with Crippen LogP contribution >= 0.6 is 11.6 Å². The number of hydrogen-bond acceptors (Lipinski definition) is 7. The number of rotatable bonds is 7. The highest BCUT2D eigenvalue weighted by Crippen LogP contribution is 2.40. The summed E-state index contributed by atoms with van der Waals surface area (Å²) in [4.78, 5) is 22.0. The Labute approximate surface area is 259 Å². The van der Waals surface area contributed by atoms with E-state index in [1.165, 1.54) is 12.8 Å². The third-order valence-corrected chi connectivity index (χ3v) is 9.50. The van der Waals surface area contributed by atoms with Gasteiger partial charge < -0.3 is 28.8 Å². The lowest BCUT2D eigenvalue weighted by molar-refractivity contribution is 0.0148. The second-order valence-electron chi connectivity index (χ2n) is 13.3. The lowest BCUT2D eigenvalue weighted by Gasteiger charge is -2.42. The minimum atomic E-state index is -0.446. The van der Waals surface area contributed by atoms with Crippen LogP contribution < -0.4 is 14.8 Å². The van der Waals surface area contributed by atoms with Crippen LogP contribution in [-0.2, 0) is 4.74 Å². The van der Waals surface area contributed by atoms with Crippen LogP contribution in [0.25, 0.3) is 16.9 Å². The first kappa shape index (κ1) is 29.9. The van der Waals surface area contributed by atoms with E-state index in [0.717, 1.165) is 67.9 Å². The number of fused-ring (bicyclic) bond motifs is 3. The zero-order chi connectivity index (χ0) is 30.3. The van der Waals surface area contributed by atoms with Crippen LogP contribution in [0.5, 0.6) is 11.5 Å². The molecule has 0 radical (unpaired) electrons. The molecule has 1 amide bonds. The summed E-state index contributed by atoms with van der Waals surface area (Å²) in [5.41, 5.74) is 3.13. The second-order valence-corrected chi connectivity index (χ2v) is 13.7. The van der Waals surface area contributed by atoms with Crippen molar-refractivity contribution >= 4 is 29.0 Å². The third-order valence-electron chi connectivity index (χ3n) is 9.20. The maximum atomic E-state index is 12.5. The van der Waals surface area contributed by atoms with Crippen LogP contribution in [0.2, 0.25) is 5.02 Å². The first-order valence-electron chi connectivity index (χ1n) is 15.5. The molecule has 0 aliphatic carbocycles. The van der Waals surface area contributed by atoms with E-state index in [-0.39, 0.29) is 6.09 Å². The van der Waals surface area contributed by atoms with E-state index in [0.29, 0.717) is 40.6 Å². The SMILES string of the molecule is COc1cc(OC)c(-c2cn3ccc(NC4CC5CC[C@H](C4)N5CC4CCN(C(=O)OC(C)(C)C)CC4)cc3n2)cc1Cl. The number of likely N-dealkylation sites (tertiary alicyclic amines) is 1. The van der Waals surface area contributed by atoms with Gasteiger partial charge in [-0.2, -0.15) is 0 Å². The normalized spacial score (nSPS) is 23.0. The van der Waals surface area contributed by atoms with Crippen molar-refractivity contribution in [3.8, 4) is 22.8 Å². The summed E-state index contributed by atoms with van der Waals surface area (Å²) in [6.45, 7) is 8.51. The topological polar surface area (TPSA) is 80.6 Å². The van der Waals surface area contributed by atoms with Gasteiger partial charge in [0.25, 0.3) is 0 Å². The number of pyridine rings is 1. The van der Waals surface area contributed by atoms with Crippen LogP contribution in [-0.4, -0.2) is 82.9 Å². The van der Waals surface area contributed by atoms with E-state index >= 15 is 0 Å². The number of ether oxygens (including phenoxy) is 3. The number of carbonyl (C=O) groups is 1. The molecule has 3 aliphatic rings. The maximum Gasteiger partial charge on any atom is 0.410 e. The van der Waals surface area contributed by atoms with Gasteiger partial charge in [-0.3, -0.25) is 4.90 Å². The number of methoxy groups -OCH3 is 2. The Morgan fingerprint density at radius 3 is 2.37 bits per heavy atom. The predicted octanol–water partition coefficient (Wildman–Crippen LogP) is 6.73. The highest BCUT2D eigenvalue weighted by atomic mass is 35.5. The van der Waals surface area contributed by atoms with Gasteiger partial charge >= 0.3 is 6.09 Å². The van der Waals surface area contributed by atoms with Crippen LogP contribution in [0, 0.1) is 5.92 Å². The monoisotopic (exact) mass is 609 g/mol. The number of aromatic nitrogens is 2. The number of carbonyl (C=O) groups excluding carboxylic acids is 1. The zero-order valence-corrected chi connectivity index (χ0v) is 26.7. The number of imidazole rings is 1. The van der Waals surface area contributed by atoms with Gasteiger partial charge in [0.2, 0.25) is 0 Å². The van der Waals surface area contributed by atoms with Crippen molar-refractivity contribution in [2.75, 3.05) is 39.2 Å². The molecule has 2 bridgehead atoms. The third kappa shape index (κ3) is 6.53. The number of amides is 1. The highest BCUT2D eigenvalue weighted by Gasteiger charge is 2.42. The molecule has 2 unspecified atom stereocenters. The molecule has 6 rings (SSSR count). The van der Waals surface area contributed by atoms with Crippen LogP contribution in [0.3, 0.4) is 0 Å². The summed E-state index contributed by atoms with van der Waals surface area (Å²) in [6, 6.07) is 9.57. The molecular weight excluding hydrogens is 566 g/mol. The number of benzene rings is 1. The number of piperidine rings is 2. The van der Waals surface area contributed by atoms with Gasteiger partial charge in [-0.15, -0.1) is 0 Å². The van der Waals surface area contributed by atoms with E-state index in [9.17, 15) is 4.79 Å². The number of nitrogens with zero attached hydrogens (tertiary/aromatic N) is 4. The molecule has 43 heavy (non-hydrogen) atoms. The van der Waals surface area contributed by atoms with Crippen molar-refractivity contribution in [3.63, 3.8) is 0 Å². The zero-order valence-electron chi connectivity index (χ0n) is 25.9. The van der Waals surface area contributed by atoms with E-state index in [4.69, 9.17) is 30.8 Å². The smallest absolute Gasteiger partial charge is 0.410 e. The molecule has 3 aromatic rings. The fourth-order valence-electron chi connectivity index (χ4n) is 7.11. The first-order valence-corrected chi connectivity index (χ1v) is 15.9. The highest BCUT2D eigenvalue weighted by molar-refractivity contribution is 6.32. The fraction of sp³-hybridized carbons (Fsp3) is 0.576. The first-order chi connectivity index (χ1) is 20.6. The number of halogens is 1.